The minimum atomic E-state index is 0.177. The highest BCUT2D eigenvalue weighted by Crippen LogP contribution is 2.28. The van der Waals surface area contributed by atoms with Crippen molar-refractivity contribution < 1.29 is 5.11 Å². The number of thiophene rings is 1. The summed E-state index contributed by atoms with van der Waals surface area (Å²) in [4.78, 5) is 11.8. The average Bonchev–Trinajstić information content (AvgIpc) is 2.87. The lowest BCUT2D eigenvalue weighted by molar-refractivity contribution is 0.289. The molecule has 2 rings (SSSR count). The number of nitrogens with zero attached hydrogens (tertiary/aromatic N) is 3. The number of hydrazine groups is 1. The van der Waals surface area contributed by atoms with Gasteiger partial charge in [0.1, 0.15) is 10.6 Å². The normalized spacial score (nSPS) is 10.8. The van der Waals surface area contributed by atoms with Gasteiger partial charge in [-0.1, -0.05) is 0 Å². The van der Waals surface area contributed by atoms with Crippen molar-refractivity contribution in [3.8, 4) is 0 Å². The first kappa shape index (κ1) is 13.0. The number of aliphatic hydroxyl groups is 1. The summed E-state index contributed by atoms with van der Waals surface area (Å²) >= 11 is 1.56. The van der Waals surface area contributed by atoms with Gasteiger partial charge in [-0.3, -0.25) is 5.43 Å². The molecule has 0 spiro atoms. The molecular weight excluding hydrogens is 250 g/mol. The molecular formula is C11H17N5OS. The van der Waals surface area contributed by atoms with E-state index in [0.717, 1.165) is 35.5 Å². The molecule has 0 atom stereocenters. The molecule has 98 valence electrons. The second-order valence-electron chi connectivity index (χ2n) is 3.81. The lowest BCUT2D eigenvalue weighted by Crippen LogP contribution is -2.26. The van der Waals surface area contributed by atoms with Crippen molar-refractivity contribution >= 4 is 33.3 Å². The fourth-order valence-electron chi connectivity index (χ4n) is 1.82. The van der Waals surface area contributed by atoms with Crippen LogP contribution in [0.15, 0.2) is 11.4 Å². The van der Waals surface area contributed by atoms with Crippen LogP contribution in [0.1, 0.15) is 13.3 Å². The van der Waals surface area contributed by atoms with Crippen LogP contribution in [0.25, 0.3) is 10.2 Å². The zero-order valence-corrected chi connectivity index (χ0v) is 11.1. The lowest BCUT2D eigenvalue weighted by Gasteiger charge is -2.22. The number of aliphatic hydroxyl groups excluding tert-OH is 1. The highest BCUT2D eigenvalue weighted by molar-refractivity contribution is 7.16. The van der Waals surface area contributed by atoms with Crippen molar-refractivity contribution in [1.29, 1.82) is 0 Å². The third-order valence-electron chi connectivity index (χ3n) is 2.70. The van der Waals surface area contributed by atoms with Gasteiger partial charge in [0.15, 0.2) is 0 Å². The molecule has 2 heterocycles. The van der Waals surface area contributed by atoms with Crippen LogP contribution >= 0.6 is 11.3 Å². The molecule has 2 aromatic rings. The van der Waals surface area contributed by atoms with Gasteiger partial charge in [-0.25, -0.2) is 10.8 Å². The molecule has 0 radical (unpaired) electrons. The largest absolute Gasteiger partial charge is 0.396 e. The average molecular weight is 267 g/mol. The number of anilines is 2. The van der Waals surface area contributed by atoms with Gasteiger partial charge in [0.2, 0.25) is 5.95 Å². The molecule has 0 saturated carbocycles. The standard InChI is InChI=1S/C11H17N5OS/c1-2-16(5-3-6-17)9-8-4-7-18-10(8)14-11(13-9)15-12/h4,7,17H,2-3,5-6,12H2,1H3,(H,13,14,15). The van der Waals surface area contributed by atoms with Crippen molar-refractivity contribution in [3.63, 3.8) is 0 Å². The van der Waals surface area contributed by atoms with Crippen molar-refractivity contribution in [3.05, 3.63) is 11.4 Å². The number of fused-ring (bicyclic) bond motifs is 1. The predicted octanol–water partition coefficient (Wildman–Crippen LogP) is 1.19. The van der Waals surface area contributed by atoms with Crippen LogP contribution in [0.5, 0.6) is 0 Å². The van der Waals surface area contributed by atoms with E-state index in [1.54, 1.807) is 11.3 Å². The Bertz CT molecular complexity index is 515. The molecule has 0 aliphatic carbocycles. The summed E-state index contributed by atoms with van der Waals surface area (Å²) in [5.41, 5.74) is 2.49. The molecule has 0 aliphatic heterocycles. The zero-order valence-electron chi connectivity index (χ0n) is 10.3. The van der Waals surface area contributed by atoms with Gasteiger partial charge in [0, 0.05) is 19.7 Å². The van der Waals surface area contributed by atoms with E-state index in [1.807, 2.05) is 11.4 Å². The molecule has 0 aliphatic rings. The number of hydrogen-bond donors (Lipinski definition) is 3. The molecule has 0 fully saturated rings. The van der Waals surface area contributed by atoms with Crippen LogP contribution in [0.3, 0.4) is 0 Å². The topological polar surface area (TPSA) is 87.3 Å². The Hall–Kier alpha value is -1.44. The predicted molar refractivity (Wildman–Crippen MR) is 74.8 cm³/mol. The van der Waals surface area contributed by atoms with E-state index >= 15 is 0 Å². The van der Waals surface area contributed by atoms with Gasteiger partial charge < -0.3 is 10.0 Å². The van der Waals surface area contributed by atoms with Crippen molar-refractivity contribution in [1.82, 2.24) is 9.97 Å². The summed E-state index contributed by atoms with van der Waals surface area (Å²) in [5, 5.41) is 12.0. The maximum Gasteiger partial charge on any atom is 0.240 e. The Kier molecular flexibility index (Phi) is 4.29. The number of nitrogens with two attached hydrogens (primary N) is 1. The number of nitrogens with one attached hydrogen (secondary N) is 1. The van der Waals surface area contributed by atoms with Crippen molar-refractivity contribution in [2.45, 2.75) is 13.3 Å². The lowest BCUT2D eigenvalue weighted by atomic mass is 10.3. The van der Waals surface area contributed by atoms with Crippen LogP contribution in [0, 0.1) is 0 Å². The van der Waals surface area contributed by atoms with E-state index in [0.29, 0.717) is 5.95 Å². The van der Waals surface area contributed by atoms with E-state index in [9.17, 15) is 0 Å². The number of aromatic nitrogens is 2. The van der Waals surface area contributed by atoms with E-state index in [1.165, 1.54) is 0 Å². The van der Waals surface area contributed by atoms with Crippen LogP contribution in [0.4, 0.5) is 11.8 Å². The maximum absolute atomic E-state index is 8.94. The Balaban J connectivity index is 2.42. The van der Waals surface area contributed by atoms with Crippen LogP contribution in [-0.4, -0.2) is 34.8 Å². The van der Waals surface area contributed by atoms with Gasteiger partial charge in [0.05, 0.1) is 5.39 Å². The molecule has 0 aromatic carbocycles. The molecule has 0 saturated heterocycles. The third-order valence-corrected chi connectivity index (χ3v) is 3.51. The quantitative estimate of drug-likeness (QED) is 0.538. The fraction of sp³-hybridized carbons (Fsp3) is 0.455. The zero-order chi connectivity index (χ0) is 13.0. The summed E-state index contributed by atoms with van der Waals surface area (Å²) in [6, 6.07) is 2.01. The smallest absolute Gasteiger partial charge is 0.240 e. The molecule has 0 bridgehead atoms. The van der Waals surface area contributed by atoms with Gasteiger partial charge in [-0.05, 0) is 24.8 Å². The summed E-state index contributed by atoms with van der Waals surface area (Å²) in [7, 11) is 0. The van der Waals surface area contributed by atoms with E-state index in [-0.39, 0.29) is 6.61 Å². The molecule has 4 N–H and O–H groups in total. The van der Waals surface area contributed by atoms with Gasteiger partial charge >= 0.3 is 0 Å². The summed E-state index contributed by atoms with van der Waals surface area (Å²) in [5.74, 6) is 6.68. The third kappa shape index (κ3) is 2.53. The summed E-state index contributed by atoms with van der Waals surface area (Å²) < 4.78 is 0. The van der Waals surface area contributed by atoms with Crippen LogP contribution < -0.4 is 16.2 Å². The fourth-order valence-corrected chi connectivity index (χ4v) is 2.58. The van der Waals surface area contributed by atoms with Gasteiger partial charge in [0.25, 0.3) is 0 Å². The highest BCUT2D eigenvalue weighted by atomic mass is 32.1. The molecule has 7 heteroatoms. The Morgan fingerprint density at radius 3 is 3.00 bits per heavy atom. The van der Waals surface area contributed by atoms with Gasteiger partial charge in [-0.2, -0.15) is 4.98 Å². The number of nitrogen functional groups attached to an aromatic ring is 1. The molecule has 6 nitrogen and oxygen atoms in total. The Labute approximate surface area is 109 Å². The Morgan fingerprint density at radius 1 is 1.50 bits per heavy atom. The molecule has 2 aromatic heterocycles. The van der Waals surface area contributed by atoms with Crippen molar-refractivity contribution in [2.75, 3.05) is 30.0 Å². The second-order valence-corrected chi connectivity index (χ2v) is 4.71. The van der Waals surface area contributed by atoms with Crippen LogP contribution in [0.2, 0.25) is 0 Å². The number of rotatable bonds is 6. The highest BCUT2D eigenvalue weighted by Gasteiger charge is 2.13. The van der Waals surface area contributed by atoms with Crippen molar-refractivity contribution in [2.24, 2.45) is 5.84 Å². The second kappa shape index (κ2) is 5.94. The molecule has 0 unspecified atom stereocenters. The van der Waals surface area contributed by atoms with Crippen LogP contribution in [-0.2, 0) is 0 Å². The van der Waals surface area contributed by atoms with E-state index < -0.39 is 0 Å². The summed E-state index contributed by atoms with van der Waals surface area (Å²) in [6.07, 6.45) is 0.717. The van der Waals surface area contributed by atoms with Gasteiger partial charge in [-0.15, -0.1) is 11.3 Å². The summed E-state index contributed by atoms with van der Waals surface area (Å²) in [6.45, 7) is 3.83. The first-order chi connectivity index (χ1) is 8.80. The maximum atomic E-state index is 8.94. The first-order valence-corrected chi connectivity index (χ1v) is 6.75. The van der Waals surface area contributed by atoms with E-state index in [4.69, 9.17) is 10.9 Å². The number of hydrogen-bond acceptors (Lipinski definition) is 7. The molecule has 0 amide bonds. The SMILES string of the molecule is CCN(CCCO)c1nc(NN)nc2sccc12. The monoisotopic (exact) mass is 267 g/mol. The van der Waals surface area contributed by atoms with E-state index in [2.05, 4.69) is 27.2 Å². The Morgan fingerprint density at radius 2 is 2.33 bits per heavy atom. The first-order valence-electron chi connectivity index (χ1n) is 5.87. The molecule has 18 heavy (non-hydrogen) atoms. The minimum Gasteiger partial charge on any atom is -0.396 e. The minimum absolute atomic E-state index is 0.177.